The van der Waals surface area contributed by atoms with E-state index in [0.29, 0.717) is 0 Å². The van der Waals surface area contributed by atoms with E-state index in [1.54, 1.807) is 0 Å². The molecule has 9 aromatic rings. The normalized spacial score (nSPS) is 12.1. The van der Waals surface area contributed by atoms with Gasteiger partial charge in [-0.1, -0.05) is 0 Å². The van der Waals surface area contributed by atoms with Crippen LogP contribution < -0.4 is 58.5 Å². The minimum absolute atomic E-state index is 0.769. The molecule has 0 unspecified atom stereocenters. The third-order valence-electron chi connectivity index (χ3n) is 12.4. The molecular formula is C60H60Cl3O3P3Sn3. The average molecular weight is 1380 g/mol. The molecule has 0 saturated carbocycles. The summed E-state index contributed by atoms with van der Waals surface area (Å²) in [5, 5.41) is 7.85. The monoisotopic (exact) mass is 1390 g/mol. The van der Waals surface area contributed by atoms with Gasteiger partial charge in [-0.05, 0) is 0 Å². The van der Waals surface area contributed by atoms with Gasteiger partial charge in [-0.3, -0.25) is 0 Å². The Morgan fingerprint density at radius 2 is 0.458 bits per heavy atom. The van der Waals surface area contributed by atoms with E-state index in [-0.39, 0.29) is 0 Å². The molecule has 9 aromatic carbocycles. The summed E-state index contributed by atoms with van der Waals surface area (Å²) in [5.41, 5.74) is 0. The van der Waals surface area contributed by atoms with Crippen LogP contribution in [0.1, 0.15) is 0 Å². The molecule has 12 heteroatoms. The molecule has 9 rings (SSSR count). The summed E-state index contributed by atoms with van der Waals surface area (Å²) in [7, 11) is 11.2. The molecule has 0 N–H and O–H groups in total. The zero-order valence-corrected chi connectivity index (χ0v) is 55.0. The number of hydrogen-bond donors (Lipinski definition) is 0. The number of rotatable bonds is 12. The molecule has 0 spiro atoms. The molecule has 0 radical (unpaired) electrons. The van der Waals surface area contributed by atoms with E-state index in [0.717, 1.165) is 54.9 Å². The Hall–Kier alpha value is -3.06. The van der Waals surface area contributed by atoms with Crippen molar-refractivity contribution in [2.75, 3.05) is 0 Å². The first kappa shape index (κ1) is 56.7. The predicted octanol–water partition coefficient (Wildman–Crippen LogP) is 11.9. The number of halogens is 3. The zero-order chi connectivity index (χ0) is 51.6. The van der Waals surface area contributed by atoms with Crippen molar-refractivity contribution in [2.45, 2.75) is 29.6 Å². The van der Waals surface area contributed by atoms with Gasteiger partial charge in [-0.15, -0.1) is 0 Å². The molecular weight excluding hydrogens is 1320 g/mol. The van der Waals surface area contributed by atoms with Crippen LogP contribution in [0.2, 0.25) is 29.6 Å². The molecule has 0 aliphatic heterocycles. The maximum atomic E-state index is 14.5. The molecule has 0 aliphatic rings. The van der Waals surface area contributed by atoms with Crippen molar-refractivity contribution >= 4 is 158 Å². The van der Waals surface area contributed by atoms with Crippen LogP contribution in [0.4, 0.5) is 0 Å². The van der Waals surface area contributed by atoms with E-state index in [4.69, 9.17) is 26.8 Å². The van der Waals surface area contributed by atoms with Crippen LogP contribution in [-0.4, -0.2) is 51.8 Å². The Balaban J connectivity index is 0.000000158. The first-order valence-electron chi connectivity index (χ1n) is 23.8. The molecule has 0 amide bonds. The summed E-state index contributed by atoms with van der Waals surface area (Å²) in [6.07, 6.45) is 0. The molecule has 366 valence electrons. The van der Waals surface area contributed by atoms with Gasteiger partial charge in [0.25, 0.3) is 0 Å². The summed E-state index contributed by atoms with van der Waals surface area (Å²) in [5.74, 6) is 0. The summed E-state index contributed by atoms with van der Waals surface area (Å²) in [4.78, 5) is 13.4. The summed E-state index contributed by atoms with van der Waals surface area (Å²) >= 11 is -8.84. The Morgan fingerprint density at radius 3 is 0.694 bits per heavy atom. The van der Waals surface area contributed by atoms with Crippen LogP contribution in [0.15, 0.2) is 255 Å². The SMILES string of the molecule is [CH3][Sn]([CH3])([CH3])[c]1ccccc1P(=O)(c1ccccc1)c1ccccc1.[CH3][Sn]([CH3])([Cl])[c]1ccccc1P(=O)(c1ccccc1)c1ccccc1.[CH3][Sn]([Cl])([Cl])[c]1ccccc1P(=O)(c1ccccc1)c1ccccc1. The Morgan fingerprint density at radius 1 is 0.264 bits per heavy atom. The zero-order valence-electron chi connectivity index (χ0n) is 41.4. The van der Waals surface area contributed by atoms with Gasteiger partial charge in [-0.2, -0.15) is 0 Å². The predicted molar refractivity (Wildman–Crippen MR) is 326 cm³/mol. The topological polar surface area (TPSA) is 51.2 Å². The quantitative estimate of drug-likeness (QED) is 0.0905. The van der Waals surface area contributed by atoms with Crippen molar-refractivity contribution in [3.8, 4) is 0 Å². The van der Waals surface area contributed by atoms with E-state index in [1.165, 1.54) is 3.58 Å². The number of benzene rings is 9. The van der Waals surface area contributed by atoms with Crippen molar-refractivity contribution in [1.29, 1.82) is 0 Å². The van der Waals surface area contributed by atoms with Gasteiger partial charge in [0.15, 0.2) is 0 Å². The minimum atomic E-state index is -3.48. The Kier molecular flexibility index (Phi) is 19.5. The van der Waals surface area contributed by atoms with Crippen molar-refractivity contribution in [2.24, 2.45) is 0 Å². The number of hydrogen-bond acceptors (Lipinski definition) is 3. The van der Waals surface area contributed by atoms with Crippen molar-refractivity contribution in [3.63, 3.8) is 0 Å². The van der Waals surface area contributed by atoms with Crippen molar-refractivity contribution < 1.29 is 13.7 Å². The molecule has 72 heavy (non-hydrogen) atoms. The van der Waals surface area contributed by atoms with Crippen LogP contribution >= 0.6 is 48.2 Å². The van der Waals surface area contributed by atoms with Crippen LogP contribution in [0.3, 0.4) is 0 Å². The van der Waals surface area contributed by atoms with Gasteiger partial charge in [0.05, 0.1) is 0 Å². The standard InChI is InChI=1S/3C18H14OP.6CH3.3ClH.3Sn/c3*19-20(16-10-4-1-5-11-16,17-12-6-2-7-13-17)18-14-8-3-9-15-18;;;;;;;;;;;;/h3*1-14H;6*1H3;3*1H;;;/q;;;;;;;;;;;;;+1;+2/p-3. The van der Waals surface area contributed by atoms with E-state index in [1.807, 2.05) is 235 Å². The Bertz CT molecular complexity index is 2850. The Labute approximate surface area is 451 Å². The summed E-state index contributed by atoms with van der Waals surface area (Å²) < 4.78 is 46.7. The molecule has 0 aromatic heterocycles. The van der Waals surface area contributed by atoms with Crippen molar-refractivity contribution in [3.05, 3.63) is 255 Å². The van der Waals surface area contributed by atoms with Gasteiger partial charge < -0.3 is 0 Å². The van der Waals surface area contributed by atoms with Crippen LogP contribution in [-0.2, 0) is 13.7 Å². The van der Waals surface area contributed by atoms with Gasteiger partial charge in [0.2, 0.25) is 0 Å². The molecule has 0 heterocycles. The maximum absolute atomic E-state index is 14.5. The van der Waals surface area contributed by atoms with Crippen LogP contribution in [0.5, 0.6) is 0 Å². The molecule has 0 bridgehead atoms. The third-order valence-corrected chi connectivity index (χ3v) is 42.3. The first-order valence-corrected chi connectivity index (χ1v) is 61.2. The fourth-order valence-corrected chi connectivity index (χ4v) is 41.6. The molecule has 0 saturated heterocycles. The molecule has 0 atom stereocenters. The third kappa shape index (κ3) is 12.9. The second-order valence-electron chi connectivity index (χ2n) is 19.0. The molecule has 0 aliphatic carbocycles. The van der Waals surface area contributed by atoms with Crippen LogP contribution in [0.25, 0.3) is 0 Å². The molecule has 3 nitrogen and oxygen atoms in total. The first-order chi connectivity index (χ1) is 34.3. The van der Waals surface area contributed by atoms with Gasteiger partial charge in [0.1, 0.15) is 0 Å². The fourth-order valence-electron chi connectivity index (χ4n) is 8.86. The summed E-state index contributed by atoms with van der Waals surface area (Å²) in [6, 6.07) is 82.7. The van der Waals surface area contributed by atoms with E-state index in [2.05, 4.69) is 49.0 Å². The van der Waals surface area contributed by atoms with E-state index < -0.39 is 73.2 Å². The second-order valence-corrected chi connectivity index (χ2v) is 75.9. The van der Waals surface area contributed by atoms with Crippen molar-refractivity contribution in [1.82, 2.24) is 0 Å². The molecule has 0 fully saturated rings. The van der Waals surface area contributed by atoms with E-state index >= 15 is 0 Å². The van der Waals surface area contributed by atoms with Gasteiger partial charge in [-0.25, -0.2) is 0 Å². The second kappa shape index (κ2) is 24.7. The van der Waals surface area contributed by atoms with Crippen LogP contribution in [0, 0.1) is 0 Å². The van der Waals surface area contributed by atoms with E-state index in [9.17, 15) is 13.7 Å². The van der Waals surface area contributed by atoms with Gasteiger partial charge >= 0.3 is 457 Å². The van der Waals surface area contributed by atoms with Gasteiger partial charge in [0, 0.05) is 0 Å². The summed E-state index contributed by atoms with van der Waals surface area (Å²) in [6.45, 7) is 0. The average Bonchev–Trinajstić information content (AvgIpc) is 3.41. The fraction of sp³-hybridized carbons (Fsp3) is 0.100.